The molecule has 0 unspecified atom stereocenters. The Morgan fingerprint density at radius 2 is 1.83 bits per heavy atom. The summed E-state index contributed by atoms with van der Waals surface area (Å²) in [6.07, 6.45) is 10.6. The van der Waals surface area contributed by atoms with Crippen molar-refractivity contribution >= 4 is 11.6 Å². The monoisotopic (exact) mass is 397 g/mol. The fourth-order valence-corrected chi connectivity index (χ4v) is 3.77. The third-order valence-electron chi connectivity index (χ3n) is 5.70. The molecule has 8 heteroatoms. The van der Waals surface area contributed by atoms with Crippen LogP contribution in [0.4, 0.5) is 11.6 Å². The third-order valence-corrected chi connectivity index (χ3v) is 5.70. The average Bonchev–Trinajstić information content (AvgIpc) is 3.59. The lowest BCUT2D eigenvalue weighted by Crippen LogP contribution is -2.38. The van der Waals surface area contributed by atoms with E-state index >= 15 is 0 Å². The van der Waals surface area contributed by atoms with Crippen LogP contribution in [0.15, 0.2) is 24.7 Å². The van der Waals surface area contributed by atoms with Crippen molar-refractivity contribution in [1.82, 2.24) is 25.5 Å². The van der Waals surface area contributed by atoms with Crippen molar-refractivity contribution in [3.8, 4) is 11.3 Å². The van der Waals surface area contributed by atoms with Crippen molar-refractivity contribution in [2.24, 2.45) is 5.92 Å². The van der Waals surface area contributed by atoms with Crippen molar-refractivity contribution in [1.29, 1.82) is 0 Å². The van der Waals surface area contributed by atoms with Crippen molar-refractivity contribution in [2.45, 2.75) is 50.6 Å². The van der Waals surface area contributed by atoms with Crippen LogP contribution in [-0.2, 0) is 4.74 Å². The molecule has 8 nitrogen and oxygen atoms in total. The summed E-state index contributed by atoms with van der Waals surface area (Å²) in [7, 11) is 1.74. The first-order valence-corrected chi connectivity index (χ1v) is 10.7. The van der Waals surface area contributed by atoms with E-state index in [2.05, 4.69) is 36.1 Å². The van der Waals surface area contributed by atoms with Gasteiger partial charge in [0, 0.05) is 43.9 Å². The van der Waals surface area contributed by atoms with Crippen LogP contribution in [-0.4, -0.2) is 59.1 Å². The predicted octanol–water partition coefficient (Wildman–Crippen LogP) is 2.71. The molecule has 29 heavy (non-hydrogen) atoms. The summed E-state index contributed by atoms with van der Waals surface area (Å²) in [5.74, 6) is 2.47. The molecule has 2 aromatic rings. The number of anilines is 2. The Bertz CT molecular complexity index is 775. The number of rotatable bonds is 10. The van der Waals surface area contributed by atoms with Gasteiger partial charge < -0.3 is 20.7 Å². The summed E-state index contributed by atoms with van der Waals surface area (Å²) in [5.41, 5.74) is 1.82. The van der Waals surface area contributed by atoms with Crippen molar-refractivity contribution in [2.75, 3.05) is 37.4 Å². The molecule has 156 valence electrons. The first kappa shape index (κ1) is 20.0. The summed E-state index contributed by atoms with van der Waals surface area (Å²) in [6.45, 7) is 2.66. The highest BCUT2D eigenvalue weighted by atomic mass is 16.5. The van der Waals surface area contributed by atoms with Gasteiger partial charge in [0.2, 0.25) is 0 Å². The van der Waals surface area contributed by atoms with Gasteiger partial charge in [0.25, 0.3) is 0 Å². The Hall–Kier alpha value is -2.32. The molecule has 3 N–H and O–H groups in total. The van der Waals surface area contributed by atoms with E-state index in [0.717, 1.165) is 61.3 Å². The fraction of sp³-hybridized carbons (Fsp3) is 0.619. The standard InChI is InChI=1S/C21H31N7O/c1-29-9-8-22-17-4-6-18(7-5-17)27-20-11-19(24-14-25-20)16-10-21(28-26-13-16)23-12-15-2-3-15/h10-11,13-15,17-18,22H,2-9,12H2,1H3,(H,23,28)(H,24,25,27). The number of hydrogen-bond acceptors (Lipinski definition) is 8. The summed E-state index contributed by atoms with van der Waals surface area (Å²) >= 11 is 0. The molecule has 0 atom stereocenters. The van der Waals surface area contributed by atoms with E-state index < -0.39 is 0 Å². The van der Waals surface area contributed by atoms with Crippen LogP contribution >= 0.6 is 0 Å². The van der Waals surface area contributed by atoms with E-state index in [0.29, 0.717) is 12.1 Å². The molecule has 0 aromatic carbocycles. The second kappa shape index (κ2) is 9.93. The molecule has 0 amide bonds. The highest BCUT2D eigenvalue weighted by Gasteiger charge is 2.22. The van der Waals surface area contributed by atoms with Gasteiger partial charge in [0.1, 0.15) is 18.0 Å². The van der Waals surface area contributed by atoms with Crippen LogP contribution in [0.5, 0.6) is 0 Å². The molecule has 0 spiro atoms. The largest absolute Gasteiger partial charge is 0.383 e. The minimum Gasteiger partial charge on any atom is -0.383 e. The summed E-state index contributed by atoms with van der Waals surface area (Å²) < 4.78 is 5.11. The van der Waals surface area contributed by atoms with Crippen LogP contribution in [0, 0.1) is 5.92 Å². The first-order valence-electron chi connectivity index (χ1n) is 10.7. The summed E-state index contributed by atoms with van der Waals surface area (Å²) in [5, 5.41) is 18.8. The lowest BCUT2D eigenvalue weighted by molar-refractivity contribution is 0.191. The Balaban J connectivity index is 1.31. The highest BCUT2D eigenvalue weighted by molar-refractivity contribution is 5.64. The number of hydrogen-bond donors (Lipinski definition) is 3. The first-order chi connectivity index (χ1) is 14.3. The van der Waals surface area contributed by atoms with E-state index in [1.807, 2.05) is 12.1 Å². The average molecular weight is 398 g/mol. The van der Waals surface area contributed by atoms with Gasteiger partial charge in [-0.05, 0) is 50.5 Å². The Morgan fingerprint density at radius 3 is 2.62 bits per heavy atom. The Kier molecular flexibility index (Phi) is 6.84. The quantitative estimate of drug-likeness (QED) is 0.527. The third kappa shape index (κ3) is 6.08. The van der Waals surface area contributed by atoms with Gasteiger partial charge in [-0.2, -0.15) is 5.10 Å². The maximum absolute atomic E-state index is 5.11. The number of methoxy groups -OCH3 is 1. The zero-order chi connectivity index (χ0) is 19.9. The highest BCUT2D eigenvalue weighted by Crippen LogP contribution is 2.29. The SMILES string of the molecule is COCCNC1CCC(Nc2cc(-c3cnnc(NCC4CC4)c3)ncn2)CC1. The zero-order valence-electron chi connectivity index (χ0n) is 17.1. The minimum atomic E-state index is 0.449. The summed E-state index contributed by atoms with van der Waals surface area (Å²) in [4.78, 5) is 8.86. The normalized spacial score (nSPS) is 21.7. The number of aromatic nitrogens is 4. The molecule has 0 radical (unpaired) electrons. The Morgan fingerprint density at radius 1 is 1.00 bits per heavy atom. The van der Waals surface area contributed by atoms with Crippen LogP contribution in [0.1, 0.15) is 38.5 Å². The topological polar surface area (TPSA) is 96.9 Å². The molecule has 2 aliphatic carbocycles. The van der Waals surface area contributed by atoms with Crippen LogP contribution in [0.3, 0.4) is 0 Å². The van der Waals surface area contributed by atoms with Gasteiger partial charge >= 0.3 is 0 Å². The van der Waals surface area contributed by atoms with Crippen LogP contribution < -0.4 is 16.0 Å². The Labute approximate surface area is 172 Å². The predicted molar refractivity (Wildman–Crippen MR) is 114 cm³/mol. The second-order valence-corrected chi connectivity index (χ2v) is 8.08. The van der Waals surface area contributed by atoms with E-state index in [1.54, 1.807) is 19.6 Å². The van der Waals surface area contributed by atoms with Crippen molar-refractivity contribution in [3.63, 3.8) is 0 Å². The summed E-state index contributed by atoms with van der Waals surface area (Å²) in [6, 6.07) is 5.06. The maximum atomic E-state index is 5.11. The molecule has 0 aliphatic heterocycles. The lowest BCUT2D eigenvalue weighted by Gasteiger charge is -2.30. The number of ether oxygens (including phenoxy) is 1. The lowest BCUT2D eigenvalue weighted by atomic mass is 9.91. The minimum absolute atomic E-state index is 0.449. The number of nitrogens with zero attached hydrogens (tertiary/aromatic N) is 4. The van der Waals surface area contributed by atoms with Crippen molar-refractivity contribution < 1.29 is 4.74 Å². The van der Waals surface area contributed by atoms with Gasteiger partial charge in [-0.15, -0.1) is 5.10 Å². The van der Waals surface area contributed by atoms with E-state index in [1.165, 1.54) is 25.7 Å². The van der Waals surface area contributed by atoms with Gasteiger partial charge in [0.15, 0.2) is 0 Å². The van der Waals surface area contributed by atoms with Crippen LogP contribution in [0.2, 0.25) is 0 Å². The fourth-order valence-electron chi connectivity index (χ4n) is 3.77. The molecule has 4 rings (SSSR count). The van der Waals surface area contributed by atoms with Gasteiger partial charge in [-0.1, -0.05) is 0 Å². The zero-order valence-corrected chi connectivity index (χ0v) is 17.1. The second-order valence-electron chi connectivity index (χ2n) is 8.08. The van der Waals surface area contributed by atoms with Gasteiger partial charge in [0.05, 0.1) is 18.5 Å². The molecule has 0 bridgehead atoms. The molecular weight excluding hydrogens is 366 g/mol. The molecular formula is C21H31N7O. The molecule has 2 saturated carbocycles. The smallest absolute Gasteiger partial charge is 0.149 e. The molecule has 0 saturated heterocycles. The van der Waals surface area contributed by atoms with Gasteiger partial charge in [-0.25, -0.2) is 9.97 Å². The van der Waals surface area contributed by atoms with E-state index in [-0.39, 0.29) is 0 Å². The molecule has 2 heterocycles. The molecule has 2 aliphatic rings. The van der Waals surface area contributed by atoms with Crippen LogP contribution in [0.25, 0.3) is 11.3 Å². The number of nitrogens with one attached hydrogen (secondary N) is 3. The molecule has 2 aromatic heterocycles. The molecule has 2 fully saturated rings. The van der Waals surface area contributed by atoms with Gasteiger partial charge in [-0.3, -0.25) is 0 Å². The van der Waals surface area contributed by atoms with E-state index in [4.69, 9.17) is 4.74 Å². The van der Waals surface area contributed by atoms with Crippen molar-refractivity contribution in [3.05, 3.63) is 24.7 Å². The van der Waals surface area contributed by atoms with E-state index in [9.17, 15) is 0 Å². The maximum Gasteiger partial charge on any atom is 0.149 e.